The molecule has 2 fully saturated rings. The smallest absolute Gasteiger partial charge is 0.161 e. The highest BCUT2D eigenvalue weighted by Crippen LogP contribution is 2.41. The van der Waals surface area contributed by atoms with Gasteiger partial charge >= 0.3 is 0 Å². The van der Waals surface area contributed by atoms with Crippen molar-refractivity contribution in [2.45, 2.75) is 25.1 Å². The highest BCUT2D eigenvalue weighted by molar-refractivity contribution is 8.15. The highest BCUT2D eigenvalue weighted by Gasteiger charge is 2.48. The van der Waals surface area contributed by atoms with Gasteiger partial charge in [0.1, 0.15) is 0 Å². The Hall–Kier alpha value is -1.01. The quantitative estimate of drug-likeness (QED) is 0.860. The molecule has 0 radical (unpaired) electrons. The number of anilines is 1. The Balaban J connectivity index is 2.04. The average Bonchev–Trinajstić information content (AvgIpc) is 2.73. The van der Waals surface area contributed by atoms with E-state index < -0.39 is 9.84 Å². The number of hydrogen-bond donors (Lipinski definition) is 1. The Morgan fingerprint density at radius 2 is 2.05 bits per heavy atom. The van der Waals surface area contributed by atoms with Crippen LogP contribution in [0.3, 0.4) is 0 Å². The normalized spacial score (nSPS) is 28.7. The van der Waals surface area contributed by atoms with Crippen molar-refractivity contribution in [1.82, 2.24) is 0 Å². The number of amidine groups is 1. The van der Waals surface area contributed by atoms with Crippen molar-refractivity contribution in [3.8, 4) is 0 Å². The molecule has 19 heavy (non-hydrogen) atoms. The van der Waals surface area contributed by atoms with Crippen LogP contribution >= 0.6 is 11.8 Å². The SMILES string of the molecule is Cc1ccc(C)c(N2C(=N)SC3CS(=O)(=O)CC32)c1. The van der Waals surface area contributed by atoms with Crippen molar-refractivity contribution < 1.29 is 8.42 Å². The molecule has 2 aliphatic heterocycles. The lowest BCUT2D eigenvalue weighted by Gasteiger charge is -2.26. The van der Waals surface area contributed by atoms with E-state index in [4.69, 9.17) is 5.41 Å². The molecule has 2 unspecified atom stereocenters. The molecular formula is C13H16N2O2S2. The maximum atomic E-state index is 11.8. The first-order valence-electron chi connectivity index (χ1n) is 6.19. The van der Waals surface area contributed by atoms with E-state index in [0.29, 0.717) is 5.17 Å². The third-order valence-electron chi connectivity index (χ3n) is 3.71. The van der Waals surface area contributed by atoms with Gasteiger partial charge in [0.2, 0.25) is 0 Å². The molecule has 1 aromatic carbocycles. The molecule has 2 aliphatic rings. The third-order valence-corrected chi connectivity index (χ3v) is 6.84. The maximum Gasteiger partial charge on any atom is 0.161 e. The molecule has 2 heterocycles. The number of sulfone groups is 1. The first-order valence-corrected chi connectivity index (χ1v) is 8.89. The largest absolute Gasteiger partial charge is 0.316 e. The molecule has 2 atom stereocenters. The van der Waals surface area contributed by atoms with E-state index in [1.807, 2.05) is 36.9 Å². The molecule has 0 aliphatic carbocycles. The summed E-state index contributed by atoms with van der Waals surface area (Å²) in [5.41, 5.74) is 3.19. The van der Waals surface area contributed by atoms with Gasteiger partial charge in [0.25, 0.3) is 0 Å². The van der Waals surface area contributed by atoms with Gasteiger partial charge in [0, 0.05) is 10.9 Å². The summed E-state index contributed by atoms with van der Waals surface area (Å²) in [5.74, 6) is 0.368. The van der Waals surface area contributed by atoms with E-state index in [-0.39, 0.29) is 22.8 Å². The van der Waals surface area contributed by atoms with Gasteiger partial charge in [-0.15, -0.1) is 0 Å². The maximum absolute atomic E-state index is 11.8. The second kappa shape index (κ2) is 4.24. The van der Waals surface area contributed by atoms with Crippen molar-refractivity contribution in [2.75, 3.05) is 16.4 Å². The molecule has 0 bridgehead atoms. The number of aryl methyl sites for hydroxylation is 2. The highest BCUT2D eigenvalue weighted by atomic mass is 32.2. The van der Waals surface area contributed by atoms with Crippen LogP contribution in [0.1, 0.15) is 11.1 Å². The van der Waals surface area contributed by atoms with E-state index in [9.17, 15) is 8.42 Å². The van der Waals surface area contributed by atoms with Crippen LogP contribution in [0.15, 0.2) is 18.2 Å². The molecule has 1 N–H and O–H groups in total. The minimum Gasteiger partial charge on any atom is -0.316 e. The second-order valence-corrected chi connectivity index (χ2v) is 8.65. The fraction of sp³-hybridized carbons (Fsp3) is 0.462. The number of benzene rings is 1. The van der Waals surface area contributed by atoms with Gasteiger partial charge in [0.15, 0.2) is 15.0 Å². The molecule has 0 spiro atoms. The van der Waals surface area contributed by atoms with Crippen molar-refractivity contribution in [3.05, 3.63) is 29.3 Å². The molecular weight excluding hydrogens is 280 g/mol. The number of nitrogens with zero attached hydrogens (tertiary/aromatic N) is 1. The first kappa shape index (κ1) is 13.0. The Morgan fingerprint density at radius 3 is 2.79 bits per heavy atom. The third kappa shape index (κ3) is 2.17. The van der Waals surface area contributed by atoms with Crippen molar-refractivity contribution in [3.63, 3.8) is 0 Å². The van der Waals surface area contributed by atoms with E-state index in [2.05, 4.69) is 0 Å². The van der Waals surface area contributed by atoms with Crippen LogP contribution in [0.5, 0.6) is 0 Å². The molecule has 6 heteroatoms. The zero-order chi connectivity index (χ0) is 13.8. The van der Waals surface area contributed by atoms with Crippen LogP contribution in [-0.4, -0.2) is 36.4 Å². The van der Waals surface area contributed by atoms with Gasteiger partial charge in [-0.1, -0.05) is 23.9 Å². The lowest BCUT2D eigenvalue weighted by molar-refractivity contribution is 0.601. The molecule has 4 nitrogen and oxygen atoms in total. The minimum absolute atomic E-state index is 0.0115. The molecule has 0 aromatic heterocycles. The van der Waals surface area contributed by atoms with Gasteiger partial charge in [-0.25, -0.2) is 8.42 Å². The van der Waals surface area contributed by atoms with Gasteiger partial charge in [0.05, 0.1) is 17.5 Å². The van der Waals surface area contributed by atoms with Crippen LogP contribution in [0.2, 0.25) is 0 Å². The van der Waals surface area contributed by atoms with Crippen LogP contribution in [0, 0.1) is 19.3 Å². The fourth-order valence-electron chi connectivity index (χ4n) is 2.77. The van der Waals surface area contributed by atoms with E-state index >= 15 is 0 Å². The molecule has 0 saturated carbocycles. The van der Waals surface area contributed by atoms with Gasteiger partial charge < -0.3 is 4.90 Å². The summed E-state index contributed by atoms with van der Waals surface area (Å²) < 4.78 is 23.5. The summed E-state index contributed by atoms with van der Waals surface area (Å²) in [7, 11) is -2.95. The Labute approximate surface area is 117 Å². The zero-order valence-electron chi connectivity index (χ0n) is 10.9. The Kier molecular flexibility index (Phi) is 2.90. The predicted molar refractivity (Wildman–Crippen MR) is 79.9 cm³/mol. The van der Waals surface area contributed by atoms with Crippen LogP contribution in [-0.2, 0) is 9.84 Å². The molecule has 0 amide bonds. The summed E-state index contributed by atoms with van der Waals surface area (Å²) in [6, 6.07) is 6.02. The van der Waals surface area contributed by atoms with Crippen LogP contribution in [0.25, 0.3) is 0 Å². The monoisotopic (exact) mass is 296 g/mol. The van der Waals surface area contributed by atoms with E-state index in [1.54, 1.807) is 0 Å². The van der Waals surface area contributed by atoms with Crippen LogP contribution in [0.4, 0.5) is 5.69 Å². The van der Waals surface area contributed by atoms with Gasteiger partial charge in [-0.2, -0.15) is 0 Å². The van der Waals surface area contributed by atoms with Crippen molar-refractivity contribution in [2.24, 2.45) is 0 Å². The first-order chi connectivity index (χ1) is 8.87. The molecule has 3 rings (SSSR count). The number of fused-ring (bicyclic) bond motifs is 1. The molecule has 2 saturated heterocycles. The summed E-state index contributed by atoms with van der Waals surface area (Å²) in [5, 5.41) is 8.61. The zero-order valence-corrected chi connectivity index (χ0v) is 12.5. The predicted octanol–water partition coefficient (Wildman–Crippen LogP) is 1.96. The topological polar surface area (TPSA) is 61.2 Å². The average molecular weight is 296 g/mol. The molecule has 1 aromatic rings. The lowest BCUT2D eigenvalue weighted by atomic mass is 10.1. The lowest BCUT2D eigenvalue weighted by Crippen LogP contribution is -2.37. The van der Waals surface area contributed by atoms with E-state index in [1.165, 1.54) is 11.8 Å². The summed E-state index contributed by atoms with van der Waals surface area (Å²) >= 11 is 1.39. The summed E-state index contributed by atoms with van der Waals surface area (Å²) in [6.45, 7) is 4.02. The Morgan fingerprint density at radius 1 is 1.32 bits per heavy atom. The van der Waals surface area contributed by atoms with Crippen molar-refractivity contribution in [1.29, 1.82) is 5.41 Å². The fourth-order valence-corrected chi connectivity index (χ4v) is 6.55. The number of hydrogen-bond acceptors (Lipinski definition) is 4. The second-order valence-electron chi connectivity index (χ2n) is 5.27. The number of thioether (sulfide) groups is 1. The van der Waals surface area contributed by atoms with E-state index in [0.717, 1.165) is 16.8 Å². The summed E-state index contributed by atoms with van der Waals surface area (Å²) in [4.78, 5) is 1.90. The van der Waals surface area contributed by atoms with Gasteiger partial charge in [-0.05, 0) is 31.0 Å². The standard InChI is InChI=1S/C13H16N2O2S2/c1-8-3-4-9(2)10(5-8)15-11-6-19(16,17)7-12(11)18-13(15)14/h3-5,11-12,14H,6-7H2,1-2H3. The minimum atomic E-state index is -2.95. The van der Waals surface area contributed by atoms with Gasteiger partial charge in [-0.3, -0.25) is 5.41 Å². The Bertz CT molecular complexity index is 655. The summed E-state index contributed by atoms with van der Waals surface area (Å²) in [6.07, 6.45) is 0. The van der Waals surface area contributed by atoms with Crippen molar-refractivity contribution >= 4 is 32.5 Å². The number of rotatable bonds is 1. The molecule has 102 valence electrons. The van der Waals surface area contributed by atoms with Crippen LogP contribution < -0.4 is 4.90 Å². The number of nitrogens with one attached hydrogen (secondary N) is 1.